The molecule has 1 N–H and O–H groups in total. The lowest BCUT2D eigenvalue weighted by Crippen LogP contribution is -2.28. The summed E-state index contributed by atoms with van der Waals surface area (Å²) in [4.78, 5) is 29.6. The minimum atomic E-state index is -0.572. The van der Waals surface area contributed by atoms with E-state index >= 15 is 0 Å². The van der Waals surface area contributed by atoms with E-state index in [4.69, 9.17) is 9.47 Å². The Labute approximate surface area is 181 Å². The van der Waals surface area contributed by atoms with Gasteiger partial charge in [0.15, 0.2) is 12.3 Å². The zero-order valence-electron chi connectivity index (χ0n) is 18.5. The molecule has 1 amide bonds. The van der Waals surface area contributed by atoms with Crippen molar-refractivity contribution in [2.75, 3.05) is 13.7 Å². The molecule has 0 bridgehead atoms. The van der Waals surface area contributed by atoms with Gasteiger partial charge in [-0.2, -0.15) is 5.10 Å². The van der Waals surface area contributed by atoms with Crippen molar-refractivity contribution >= 4 is 22.9 Å². The molecule has 31 heavy (non-hydrogen) atoms. The molecule has 0 fully saturated rings. The Morgan fingerprint density at radius 2 is 1.84 bits per heavy atom. The molecule has 0 aliphatic rings. The molecule has 0 unspecified atom stereocenters. The van der Waals surface area contributed by atoms with E-state index in [2.05, 4.69) is 15.4 Å². The van der Waals surface area contributed by atoms with Crippen LogP contribution in [0, 0.1) is 0 Å². The van der Waals surface area contributed by atoms with Crippen LogP contribution in [0.4, 0.5) is 0 Å². The number of benzene rings is 1. The molecule has 0 saturated carbocycles. The van der Waals surface area contributed by atoms with Crippen LogP contribution in [0.1, 0.15) is 61.3 Å². The first-order valence-corrected chi connectivity index (χ1v) is 10.2. The van der Waals surface area contributed by atoms with Gasteiger partial charge in [-0.15, -0.1) is 0 Å². The Bertz CT molecular complexity index is 1070. The predicted octanol–water partition coefficient (Wildman–Crippen LogP) is 3.62. The fraction of sp³-hybridized carbons (Fsp3) is 0.391. The van der Waals surface area contributed by atoms with Crippen LogP contribution in [0.15, 0.2) is 36.5 Å². The zero-order valence-corrected chi connectivity index (χ0v) is 18.5. The Morgan fingerprint density at radius 1 is 1.13 bits per heavy atom. The number of esters is 1. The molecule has 2 heterocycles. The van der Waals surface area contributed by atoms with Crippen LogP contribution in [-0.4, -0.2) is 40.4 Å². The lowest BCUT2D eigenvalue weighted by Gasteiger charge is -2.12. The molecule has 0 spiro atoms. The van der Waals surface area contributed by atoms with Crippen LogP contribution >= 0.6 is 0 Å². The van der Waals surface area contributed by atoms with Crippen LogP contribution in [0.3, 0.4) is 0 Å². The number of methoxy groups -OCH3 is 1. The highest BCUT2D eigenvalue weighted by Crippen LogP contribution is 2.25. The highest BCUT2D eigenvalue weighted by atomic mass is 16.5. The number of fused-ring (bicyclic) bond motifs is 1. The van der Waals surface area contributed by atoms with E-state index in [1.807, 2.05) is 52.0 Å². The zero-order chi connectivity index (χ0) is 22.5. The normalized spacial score (nSPS) is 11.2. The summed E-state index contributed by atoms with van der Waals surface area (Å²) in [5.74, 6) is -0.0814. The van der Waals surface area contributed by atoms with Crippen molar-refractivity contribution in [2.24, 2.45) is 0 Å². The number of pyridine rings is 1. The summed E-state index contributed by atoms with van der Waals surface area (Å²) in [6.45, 7) is 7.98. The number of carbonyl (C=O) groups excluding carboxylic acids is 2. The molecule has 3 rings (SSSR count). The van der Waals surface area contributed by atoms with E-state index in [9.17, 15) is 9.59 Å². The molecule has 1 aromatic carbocycles. The van der Waals surface area contributed by atoms with Gasteiger partial charge in [0.1, 0.15) is 5.75 Å². The van der Waals surface area contributed by atoms with Crippen molar-refractivity contribution in [2.45, 2.75) is 46.2 Å². The van der Waals surface area contributed by atoms with Gasteiger partial charge in [0.25, 0.3) is 5.91 Å². The molecule has 0 aliphatic carbocycles. The van der Waals surface area contributed by atoms with Crippen LogP contribution < -0.4 is 10.1 Å². The number of amides is 1. The second-order valence-corrected chi connectivity index (χ2v) is 7.87. The fourth-order valence-electron chi connectivity index (χ4n) is 3.08. The molecular formula is C23H28N4O4. The quantitative estimate of drug-likeness (QED) is 0.555. The standard InChI is InChI=1S/C23H28N4O4/c1-14(2)20-10-18(19-12-25-27(15(3)4)22(19)26-20)23(29)31-13-21(28)24-11-16-6-8-17(30-5)9-7-16/h6-10,12,14-15H,11,13H2,1-5H3,(H,24,28). The first-order chi connectivity index (χ1) is 14.8. The second kappa shape index (κ2) is 9.59. The highest BCUT2D eigenvalue weighted by Gasteiger charge is 2.20. The first kappa shape index (κ1) is 22.3. The van der Waals surface area contributed by atoms with Gasteiger partial charge in [-0.3, -0.25) is 4.79 Å². The van der Waals surface area contributed by atoms with Gasteiger partial charge in [-0.25, -0.2) is 14.5 Å². The Balaban J connectivity index is 1.68. The van der Waals surface area contributed by atoms with Crippen LogP contribution in [0.2, 0.25) is 0 Å². The molecule has 2 aromatic heterocycles. The average molecular weight is 425 g/mol. The molecule has 164 valence electrons. The summed E-state index contributed by atoms with van der Waals surface area (Å²) in [6, 6.07) is 9.17. The largest absolute Gasteiger partial charge is 0.497 e. The van der Waals surface area contributed by atoms with E-state index in [-0.39, 0.29) is 24.5 Å². The van der Waals surface area contributed by atoms with Crippen LogP contribution in [-0.2, 0) is 16.1 Å². The van der Waals surface area contributed by atoms with E-state index in [1.165, 1.54) is 0 Å². The fourth-order valence-corrected chi connectivity index (χ4v) is 3.08. The van der Waals surface area contributed by atoms with Gasteiger partial charge >= 0.3 is 5.97 Å². The minimum Gasteiger partial charge on any atom is -0.497 e. The van der Waals surface area contributed by atoms with Crippen LogP contribution in [0.5, 0.6) is 5.75 Å². The van der Waals surface area contributed by atoms with Crippen molar-refractivity contribution < 1.29 is 19.1 Å². The molecule has 0 aliphatic heterocycles. The van der Waals surface area contributed by atoms with E-state index in [0.717, 1.165) is 17.0 Å². The number of rotatable bonds is 8. The number of hydrogen-bond acceptors (Lipinski definition) is 6. The van der Waals surface area contributed by atoms with E-state index < -0.39 is 5.97 Å². The number of carbonyl (C=O) groups is 2. The lowest BCUT2D eigenvalue weighted by atomic mass is 10.1. The van der Waals surface area contributed by atoms with E-state index in [1.54, 1.807) is 24.1 Å². The number of nitrogens with one attached hydrogen (secondary N) is 1. The molecule has 8 nitrogen and oxygen atoms in total. The third kappa shape index (κ3) is 5.20. The Hall–Kier alpha value is -3.42. The molecular weight excluding hydrogens is 396 g/mol. The van der Waals surface area contributed by atoms with Gasteiger partial charge in [0.2, 0.25) is 0 Å². The van der Waals surface area contributed by atoms with Gasteiger partial charge in [0, 0.05) is 18.3 Å². The SMILES string of the molecule is COc1ccc(CNC(=O)COC(=O)c2cc(C(C)C)nc3c2cnn3C(C)C)cc1. The average Bonchev–Trinajstić information content (AvgIpc) is 3.20. The monoisotopic (exact) mass is 424 g/mol. The topological polar surface area (TPSA) is 95.3 Å². The summed E-state index contributed by atoms with van der Waals surface area (Å²) in [5, 5.41) is 7.72. The van der Waals surface area contributed by atoms with Gasteiger partial charge < -0.3 is 14.8 Å². The summed E-state index contributed by atoms with van der Waals surface area (Å²) in [7, 11) is 1.60. The summed E-state index contributed by atoms with van der Waals surface area (Å²) < 4.78 is 12.2. The Morgan fingerprint density at radius 3 is 2.45 bits per heavy atom. The molecule has 0 saturated heterocycles. The molecule has 3 aromatic rings. The maximum absolute atomic E-state index is 12.8. The lowest BCUT2D eigenvalue weighted by molar-refractivity contribution is -0.124. The van der Waals surface area contributed by atoms with Gasteiger partial charge in [-0.1, -0.05) is 26.0 Å². The van der Waals surface area contributed by atoms with E-state index in [0.29, 0.717) is 23.1 Å². The molecule has 0 radical (unpaired) electrons. The van der Waals surface area contributed by atoms with Crippen molar-refractivity contribution in [1.82, 2.24) is 20.1 Å². The number of ether oxygens (including phenoxy) is 2. The maximum atomic E-state index is 12.8. The summed E-state index contributed by atoms with van der Waals surface area (Å²) in [5.41, 5.74) is 2.69. The third-order valence-corrected chi connectivity index (χ3v) is 4.87. The number of hydrogen-bond donors (Lipinski definition) is 1. The first-order valence-electron chi connectivity index (χ1n) is 10.2. The molecule has 0 atom stereocenters. The predicted molar refractivity (Wildman–Crippen MR) is 117 cm³/mol. The molecule has 8 heteroatoms. The highest BCUT2D eigenvalue weighted by molar-refractivity contribution is 6.03. The van der Waals surface area contributed by atoms with Crippen LogP contribution in [0.25, 0.3) is 11.0 Å². The van der Waals surface area contributed by atoms with Gasteiger partial charge in [0.05, 0.1) is 24.3 Å². The van der Waals surface area contributed by atoms with Crippen molar-refractivity contribution in [1.29, 1.82) is 0 Å². The van der Waals surface area contributed by atoms with Crippen molar-refractivity contribution in [3.63, 3.8) is 0 Å². The third-order valence-electron chi connectivity index (χ3n) is 4.87. The Kier molecular flexibility index (Phi) is 6.89. The number of nitrogens with zero attached hydrogens (tertiary/aromatic N) is 3. The van der Waals surface area contributed by atoms with Crippen molar-refractivity contribution in [3.05, 3.63) is 53.3 Å². The summed E-state index contributed by atoms with van der Waals surface area (Å²) in [6.07, 6.45) is 1.62. The second-order valence-electron chi connectivity index (χ2n) is 7.87. The smallest absolute Gasteiger partial charge is 0.339 e. The number of aromatic nitrogens is 3. The maximum Gasteiger partial charge on any atom is 0.339 e. The van der Waals surface area contributed by atoms with Crippen molar-refractivity contribution in [3.8, 4) is 5.75 Å². The summed E-state index contributed by atoms with van der Waals surface area (Å²) >= 11 is 0. The van der Waals surface area contributed by atoms with Gasteiger partial charge in [-0.05, 0) is 43.5 Å². The minimum absolute atomic E-state index is 0.0972.